The van der Waals surface area contributed by atoms with Gasteiger partial charge in [-0.25, -0.2) is 0 Å². The van der Waals surface area contributed by atoms with Gasteiger partial charge in [0, 0.05) is 21.2 Å². The van der Waals surface area contributed by atoms with E-state index >= 15 is 0 Å². The van der Waals surface area contributed by atoms with Crippen molar-refractivity contribution < 1.29 is 19.1 Å². The van der Waals surface area contributed by atoms with Crippen LogP contribution in [0.15, 0.2) is 138 Å². The zero-order valence-electron chi connectivity index (χ0n) is 26.4. The lowest BCUT2D eigenvalue weighted by Gasteiger charge is -2.17. The first-order valence-corrected chi connectivity index (χ1v) is 16.5. The summed E-state index contributed by atoms with van der Waals surface area (Å²) < 4.78 is 5.36. The number of ether oxygens (including phenoxy) is 1. The van der Waals surface area contributed by atoms with E-state index < -0.39 is 17.1 Å². The van der Waals surface area contributed by atoms with Crippen molar-refractivity contribution in [1.82, 2.24) is 5.32 Å². The molecular formula is C39H34ClN3O4S. The summed E-state index contributed by atoms with van der Waals surface area (Å²) in [6.07, 6.45) is 2.20. The minimum atomic E-state index is -0.494. The van der Waals surface area contributed by atoms with Crippen molar-refractivity contribution in [3.63, 3.8) is 0 Å². The van der Waals surface area contributed by atoms with Gasteiger partial charge >= 0.3 is 0 Å². The minimum absolute atomic E-state index is 0.0793. The van der Waals surface area contributed by atoms with E-state index in [9.17, 15) is 14.4 Å². The van der Waals surface area contributed by atoms with Gasteiger partial charge in [-0.05, 0) is 77.7 Å². The molecule has 7 nitrogen and oxygen atoms in total. The van der Waals surface area contributed by atoms with Crippen LogP contribution in [0.4, 0.5) is 11.4 Å². The molecule has 0 heterocycles. The highest BCUT2D eigenvalue weighted by molar-refractivity contribution is 8.00. The number of carbonyl (C=O) groups excluding carboxylic acids is 3. The van der Waals surface area contributed by atoms with Crippen molar-refractivity contribution in [3.05, 3.63) is 149 Å². The van der Waals surface area contributed by atoms with Crippen LogP contribution in [0.25, 0.3) is 17.2 Å². The molecule has 5 rings (SSSR count). The number of thioether (sulfide) groups is 1. The molecule has 0 fully saturated rings. The molecule has 48 heavy (non-hydrogen) atoms. The molecule has 0 aromatic heterocycles. The highest BCUT2D eigenvalue weighted by atomic mass is 35.5. The Morgan fingerprint density at radius 2 is 1.48 bits per heavy atom. The third kappa shape index (κ3) is 9.15. The fourth-order valence-corrected chi connectivity index (χ4v) is 6.02. The van der Waals surface area contributed by atoms with Gasteiger partial charge in [0.1, 0.15) is 11.4 Å². The number of rotatable bonds is 12. The molecule has 0 spiro atoms. The van der Waals surface area contributed by atoms with Crippen molar-refractivity contribution in [2.45, 2.75) is 23.5 Å². The Morgan fingerprint density at radius 1 is 0.792 bits per heavy atom. The number of hydrogen-bond donors (Lipinski definition) is 3. The van der Waals surface area contributed by atoms with E-state index in [0.717, 1.165) is 21.6 Å². The molecular weight excluding hydrogens is 642 g/mol. The number of carbonyl (C=O) groups is 3. The van der Waals surface area contributed by atoms with Crippen molar-refractivity contribution in [3.8, 4) is 16.9 Å². The van der Waals surface area contributed by atoms with Gasteiger partial charge in [-0.15, -0.1) is 11.8 Å². The Morgan fingerprint density at radius 3 is 2.17 bits per heavy atom. The van der Waals surface area contributed by atoms with Crippen LogP contribution in [0.5, 0.6) is 5.75 Å². The number of amides is 3. The van der Waals surface area contributed by atoms with Crippen molar-refractivity contribution in [1.29, 1.82) is 0 Å². The Hall–Kier alpha value is -5.31. The van der Waals surface area contributed by atoms with Crippen molar-refractivity contribution in [2.24, 2.45) is 0 Å². The van der Waals surface area contributed by atoms with Crippen LogP contribution in [0.3, 0.4) is 0 Å². The molecule has 3 N–H and O–H groups in total. The maximum absolute atomic E-state index is 13.7. The van der Waals surface area contributed by atoms with Gasteiger partial charge < -0.3 is 20.7 Å². The van der Waals surface area contributed by atoms with E-state index in [0.29, 0.717) is 34.1 Å². The minimum Gasteiger partial charge on any atom is -0.495 e. The highest BCUT2D eigenvalue weighted by Gasteiger charge is 2.21. The number of hydrogen-bond acceptors (Lipinski definition) is 5. The third-order valence-corrected chi connectivity index (χ3v) is 8.90. The lowest BCUT2D eigenvalue weighted by molar-refractivity contribution is -0.116. The molecule has 1 atom stereocenters. The standard InChI is InChI=1S/C39H34ClN3O4S/c1-3-36(39(46)42-33-24-30(40)21-22-35(33)47-2)48-32-16-10-15-31(25-32)41-38(45)34(43-37(44)29-13-8-5-9-14-29)23-26-17-19-28(20-18-26)27-11-6-4-7-12-27/h4-25,36H,3H2,1-2H3,(H,41,45)(H,42,46)(H,43,44)/b34-23+. The topological polar surface area (TPSA) is 96.5 Å². The summed E-state index contributed by atoms with van der Waals surface area (Å²) in [7, 11) is 1.53. The first-order chi connectivity index (χ1) is 23.3. The quantitative estimate of drug-likeness (QED) is 0.0906. The maximum Gasteiger partial charge on any atom is 0.272 e. The lowest BCUT2D eigenvalue weighted by atomic mass is 10.0. The summed E-state index contributed by atoms with van der Waals surface area (Å²) in [4.78, 5) is 40.8. The van der Waals surface area contributed by atoms with Crippen LogP contribution < -0.4 is 20.7 Å². The van der Waals surface area contributed by atoms with Crippen LogP contribution in [-0.2, 0) is 9.59 Å². The zero-order valence-corrected chi connectivity index (χ0v) is 28.0. The average molecular weight is 676 g/mol. The molecule has 0 aliphatic heterocycles. The first kappa shape index (κ1) is 34.0. The van der Waals surface area contributed by atoms with E-state index in [-0.39, 0.29) is 11.6 Å². The molecule has 0 saturated heterocycles. The molecule has 9 heteroatoms. The molecule has 0 aliphatic rings. The Kier molecular flexibility index (Phi) is 11.7. The lowest BCUT2D eigenvalue weighted by Crippen LogP contribution is -2.30. The van der Waals surface area contributed by atoms with E-state index in [4.69, 9.17) is 16.3 Å². The fraction of sp³-hybridized carbons (Fsp3) is 0.103. The van der Waals surface area contributed by atoms with Gasteiger partial charge in [0.05, 0.1) is 18.0 Å². The summed E-state index contributed by atoms with van der Waals surface area (Å²) in [5, 5.41) is 8.66. The Bertz CT molecular complexity index is 1920. The maximum atomic E-state index is 13.7. The second-order valence-electron chi connectivity index (χ2n) is 10.7. The second-order valence-corrected chi connectivity index (χ2v) is 12.4. The van der Waals surface area contributed by atoms with Crippen LogP contribution in [0.1, 0.15) is 29.3 Å². The molecule has 5 aromatic carbocycles. The number of anilines is 2. The van der Waals surface area contributed by atoms with Gasteiger partial charge in [0.25, 0.3) is 11.8 Å². The van der Waals surface area contributed by atoms with E-state index in [2.05, 4.69) is 16.0 Å². The molecule has 3 amide bonds. The van der Waals surface area contributed by atoms with E-state index in [1.165, 1.54) is 18.9 Å². The molecule has 0 radical (unpaired) electrons. The summed E-state index contributed by atoms with van der Waals surface area (Å²) in [6, 6.07) is 38.7. The summed E-state index contributed by atoms with van der Waals surface area (Å²) in [6.45, 7) is 1.93. The number of methoxy groups -OCH3 is 1. The molecule has 5 aromatic rings. The zero-order chi connectivity index (χ0) is 33.9. The van der Waals surface area contributed by atoms with E-state index in [1.54, 1.807) is 66.7 Å². The van der Waals surface area contributed by atoms with Crippen LogP contribution >= 0.6 is 23.4 Å². The van der Waals surface area contributed by atoms with Gasteiger partial charge in [0.2, 0.25) is 5.91 Å². The SMILES string of the molecule is CCC(Sc1cccc(NC(=O)/C(=C\c2ccc(-c3ccccc3)cc2)NC(=O)c2ccccc2)c1)C(=O)Nc1cc(Cl)ccc1OC. The number of halogens is 1. The van der Waals surface area contributed by atoms with Gasteiger partial charge in [-0.1, -0.05) is 97.4 Å². The predicted molar refractivity (Wildman–Crippen MR) is 195 cm³/mol. The molecule has 1 unspecified atom stereocenters. The van der Waals surface area contributed by atoms with Crippen LogP contribution in [-0.4, -0.2) is 30.1 Å². The predicted octanol–water partition coefficient (Wildman–Crippen LogP) is 8.93. The average Bonchev–Trinajstić information content (AvgIpc) is 3.11. The van der Waals surface area contributed by atoms with Crippen LogP contribution in [0, 0.1) is 0 Å². The monoisotopic (exact) mass is 675 g/mol. The summed E-state index contributed by atoms with van der Waals surface area (Å²) in [5.41, 5.74) is 4.35. The van der Waals surface area contributed by atoms with Gasteiger partial charge in [-0.3, -0.25) is 14.4 Å². The smallest absolute Gasteiger partial charge is 0.272 e. The number of nitrogens with one attached hydrogen (secondary N) is 3. The Labute approximate surface area is 289 Å². The van der Waals surface area contributed by atoms with Crippen molar-refractivity contribution >= 4 is 58.5 Å². The molecule has 0 aliphatic carbocycles. The van der Waals surface area contributed by atoms with Gasteiger partial charge in [0.15, 0.2) is 0 Å². The van der Waals surface area contributed by atoms with Gasteiger partial charge in [-0.2, -0.15) is 0 Å². The van der Waals surface area contributed by atoms with Crippen molar-refractivity contribution in [2.75, 3.05) is 17.7 Å². The van der Waals surface area contributed by atoms with E-state index in [1.807, 2.05) is 73.7 Å². The summed E-state index contributed by atoms with van der Waals surface area (Å²) >= 11 is 7.51. The largest absolute Gasteiger partial charge is 0.495 e. The fourth-order valence-electron chi connectivity index (χ4n) is 4.83. The number of benzene rings is 5. The summed E-state index contributed by atoms with van der Waals surface area (Å²) in [5.74, 6) is -0.598. The third-order valence-electron chi connectivity index (χ3n) is 7.31. The Balaban J connectivity index is 1.33. The molecule has 0 saturated carbocycles. The highest BCUT2D eigenvalue weighted by Crippen LogP contribution is 2.32. The second kappa shape index (κ2) is 16.5. The molecule has 0 bridgehead atoms. The molecule has 242 valence electrons. The normalized spacial score (nSPS) is 11.7. The van der Waals surface area contributed by atoms with Crippen LogP contribution in [0.2, 0.25) is 5.02 Å². The first-order valence-electron chi connectivity index (χ1n) is 15.3.